The van der Waals surface area contributed by atoms with Gasteiger partial charge in [0.25, 0.3) is 0 Å². The van der Waals surface area contributed by atoms with Crippen molar-refractivity contribution in [3.05, 3.63) is 6.33 Å². The fourth-order valence-electron chi connectivity index (χ4n) is 2.12. The number of nitrogens with zero attached hydrogens (tertiary/aromatic N) is 3. The fraction of sp³-hybridized carbons (Fsp3) is 0.833. The van der Waals surface area contributed by atoms with Crippen LogP contribution in [0.1, 0.15) is 39.5 Å². The van der Waals surface area contributed by atoms with Crippen LogP contribution < -0.4 is 0 Å². The van der Waals surface area contributed by atoms with Crippen LogP contribution in [0.15, 0.2) is 11.5 Å². The van der Waals surface area contributed by atoms with E-state index in [1.54, 1.807) is 6.33 Å². The van der Waals surface area contributed by atoms with Crippen molar-refractivity contribution in [2.45, 2.75) is 44.7 Å². The lowest BCUT2D eigenvalue weighted by molar-refractivity contribution is 0.320. The number of thioether (sulfide) groups is 1. The predicted molar refractivity (Wildman–Crippen MR) is 77.8 cm³/mol. The van der Waals surface area contributed by atoms with Gasteiger partial charge in [0, 0.05) is 18.1 Å². The number of alkyl halides is 1. The van der Waals surface area contributed by atoms with Gasteiger partial charge >= 0.3 is 0 Å². The molecule has 0 saturated heterocycles. The summed E-state index contributed by atoms with van der Waals surface area (Å²) in [4.78, 5) is 0. The highest BCUT2D eigenvalue weighted by Crippen LogP contribution is 2.37. The van der Waals surface area contributed by atoms with E-state index in [1.807, 2.05) is 23.4 Å². The van der Waals surface area contributed by atoms with Crippen molar-refractivity contribution in [2.24, 2.45) is 12.5 Å². The molecule has 0 spiro atoms. The Bertz CT molecular complexity index is 321. The summed E-state index contributed by atoms with van der Waals surface area (Å²) in [5.41, 5.74) is 0.403. The van der Waals surface area contributed by atoms with Crippen molar-refractivity contribution in [1.82, 2.24) is 14.8 Å². The van der Waals surface area contributed by atoms with Crippen LogP contribution in [-0.2, 0) is 7.05 Å². The third-order valence-corrected chi connectivity index (χ3v) is 5.60. The van der Waals surface area contributed by atoms with Gasteiger partial charge < -0.3 is 4.57 Å². The van der Waals surface area contributed by atoms with Crippen LogP contribution in [0.5, 0.6) is 0 Å². The molecule has 1 aromatic heterocycles. The normalized spacial score (nSPS) is 12.0. The van der Waals surface area contributed by atoms with Gasteiger partial charge in [-0.3, -0.25) is 0 Å². The molecule has 1 heterocycles. The average Bonchev–Trinajstić information content (AvgIpc) is 2.72. The molecule has 0 radical (unpaired) electrons. The Morgan fingerprint density at radius 3 is 2.41 bits per heavy atom. The first-order valence-corrected chi connectivity index (χ1v) is 8.31. The number of halogens is 1. The number of aromatic nitrogens is 3. The Morgan fingerprint density at radius 1 is 1.35 bits per heavy atom. The van der Waals surface area contributed by atoms with Crippen LogP contribution in [-0.4, -0.2) is 25.8 Å². The molecule has 0 fully saturated rings. The molecular formula is C12H22BrN3S. The summed E-state index contributed by atoms with van der Waals surface area (Å²) in [6.45, 7) is 4.53. The zero-order valence-corrected chi connectivity index (χ0v) is 13.4. The maximum atomic E-state index is 4.13. The second kappa shape index (κ2) is 7.41. The predicted octanol–water partition coefficient (Wildman–Crippen LogP) is 3.89. The van der Waals surface area contributed by atoms with Crippen LogP contribution in [0.2, 0.25) is 0 Å². The Kier molecular flexibility index (Phi) is 6.55. The molecule has 1 rings (SSSR count). The van der Waals surface area contributed by atoms with Gasteiger partial charge in [0.05, 0.1) is 0 Å². The number of hydrogen-bond acceptors (Lipinski definition) is 3. The molecule has 0 amide bonds. The fourth-order valence-corrected chi connectivity index (χ4v) is 4.33. The smallest absolute Gasteiger partial charge is 0.190 e. The van der Waals surface area contributed by atoms with Gasteiger partial charge in [0.2, 0.25) is 0 Å². The van der Waals surface area contributed by atoms with Gasteiger partial charge in [0.15, 0.2) is 5.16 Å². The van der Waals surface area contributed by atoms with Gasteiger partial charge in [-0.05, 0) is 18.3 Å². The van der Waals surface area contributed by atoms with Crippen molar-refractivity contribution in [3.63, 3.8) is 0 Å². The number of rotatable bonds is 8. The van der Waals surface area contributed by atoms with Gasteiger partial charge in [-0.25, -0.2) is 0 Å². The van der Waals surface area contributed by atoms with E-state index in [1.165, 1.54) is 25.7 Å². The third kappa shape index (κ3) is 4.28. The van der Waals surface area contributed by atoms with E-state index in [4.69, 9.17) is 0 Å². The molecular weight excluding hydrogens is 298 g/mol. The molecule has 0 bridgehead atoms. The highest BCUT2D eigenvalue weighted by atomic mass is 79.9. The van der Waals surface area contributed by atoms with E-state index < -0.39 is 0 Å². The second-order valence-corrected chi connectivity index (χ2v) is 6.15. The Morgan fingerprint density at radius 2 is 2.00 bits per heavy atom. The molecule has 0 aliphatic heterocycles. The second-order valence-electron chi connectivity index (χ2n) is 4.65. The Labute approximate surface area is 117 Å². The van der Waals surface area contributed by atoms with Gasteiger partial charge in [0.1, 0.15) is 6.33 Å². The first-order valence-electron chi connectivity index (χ1n) is 6.20. The van der Waals surface area contributed by atoms with E-state index in [-0.39, 0.29) is 0 Å². The molecule has 1 aromatic rings. The summed E-state index contributed by atoms with van der Waals surface area (Å²) in [5, 5.41) is 10.1. The first-order chi connectivity index (χ1) is 8.17. The van der Waals surface area contributed by atoms with Crippen LogP contribution in [0.3, 0.4) is 0 Å². The summed E-state index contributed by atoms with van der Waals surface area (Å²) in [5.74, 6) is 1.12. The molecule has 98 valence electrons. The van der Waals surface area contributed by atoms with Crippen molar-refractivity contribution in [1.29, 1.82) is 0 Å². The summed E-state index contributed by atoms with van der Waals surface area (Å²) in [7, 11) is 2.00. The highest BCUT2D eigenvalue weighted by molar-refractivity contribution is 9.09. The summed E-state index contributed by atoms with van der Waals surface area (Å²) in [6.07, 6.45) is 6.79. The number of aryl methyl sites for hydroxylation is 1. The molecule has 17 heavy (non-hydrogen) atoms. The van der Waals surface area contributed by atoms with E-state index in [0.717, 1.165) is 16.2 Å². The molecule has 0 atom stereocenters. The van der Waals surface area contributed by atoms with Crippen LogP contribution in [0, 0.1) is 5.41 Å². The monoisotopic (exact) mass is 319 g/mol. The highest BCUT2D eigenvalue weighted by Gasteiger charge is 2.27. The standard InChI is InChI=1S/C12H22BrN3S/c1-4-6-12(8-13,7-5-2)9-17-11-15-14-10-16(11)3/h10H,4-9H2,1-3H3. The van der Waals surface area contributed by atoms with Crippen molar-refractivity contribution in [3.8, 4) is 0 Å². The minimum atomic E-state index is 0.403. The van der Waals surface area contributed by atoms with E-state index in [0.29, 0.717) is 5.41 Å². The summed E-state index contributed by atoms with van der Waals surface area (Å²) in [6, 6.07) is 0. The lowest BCUT2D eigenvalue weighted by Crippen LogP contribution is -2.25. The van der Waals surface area contributed by atoms with Crippen LogP contribution in [0.25, 0.3) is 0 Å². The SMILES string of the molecule is CCCC(CBr)(CCC)CSc1nncn1C. The quantitative estimate of drug-likeness (QED) is 0.538. The molecule has 5 heteroatoms. The summed E-state index contributed by atoms with van der Waals surface area (Å²) >= 11 is 5.53. The van der Waals surface area contributed by atoms with E-state index >= 15 is 0 Å². The Balaban J connectivity index is 2.62. The molecule has 0 aromatic carbocycles. The molecule has 0 saturated carbocycles. The lowest BCUT2D eigenvalue weighted by Gasteiger charge is -2.31. The zero-order chi connectivity index (χ0) is 12.7. The third-order valence-electron chi connectivity index (χ3n) is 3.02. The van der Waals surface area contributed by atoms with Crippen molar-refractivity contribution >= 4 is 27.7 Å². The van der Waals surface area contributed by atoms with Crippen molar-refractivity contribution in [2.75, 3.05) is 11.1 Å². The average molecular weight is 320 g/mol. The van der Waals surface area contributed by atoms with Crippen molar-refractivity contribution < 1.29 is 0 Å². The number of hydrogen-bond donors (Lipinski definition) is 0. The van der Waals surface area contributed by atoms with Gasteiger partial charge in [-0.1, -0.05) is 54.4 Å². The first kappa shape index (κ1) is 15.0. The lowest BCUT2D eigenvalue weighted by atomic mass is 9.83. The topological polar surface area (TPSA) is 30.7 Å². The molecule has 0 aliphatic rings. The maximum Gasteiger partial charge on any atom is 0.190 e. The van der Waals surface area contributed by atoms with Gasteiger partial charge in [-0.15, -0.1) is 10.2 Å². The van der Waals surface area contributed by atoms with Crippen LogP contribution in [0.4, 0.5) is 0 Å². The minimum absolute atomic E-state index is 0.403. The van der Waals surface area contributed by atoms with Crippen LogP contribution >= 0.6 is 27.7 Å². The maximum absolute atomic E-state index is 4.13. The van der Waals surface area contributed by atoms with E-state index in [9.17, 15) is 0 Å². The zero-order valence-electron chi connectivity index (χ0n) is 10.9. The van der Waals surface area contributed by atoms with E-state index in [2.05, 4.69) is 40.0 Å². The molecule has 0 aliphatic carbocycles. The van der Waals surface area contributed by atoms with Gasteiger partial charge in [-0.2, -0.15) is 0 Å². The summed E-state index contributed by atoms with van der Waals surface area (Å²) < 4.78 is 1.99. The Hall–Kier alpha value is -0.0300. The minimum Gasteiger partial charge on any atom is -0.312 e. The molecule has 3 nitrogen and oxygen atoms in total. The largest absolute Gasteiger partial charge is 0.312 e. The molecule has 0 N–H and O–H groups in total. The molecule has 0 unspecified atom stereocenters.